The number of carboxylic acid groups (broad SMARTS) is 1. The summed E-state index contributed by atoms with van der Waals surface area (Å²) in [6, 6.07) is 8.43. The van der Waals surface area contributed by atoms with Gasteiger partial charge in [-0.15, -0.1) is 0 Å². The number of carboxylic acids is 1. The van der Waals surface area contributed by atoms with Crippen LogP contribution in [0.4, 0.5) is 11.4 Å². The minimum Gasteiger partial charge on any atom is -0.478 e. The molecule has 2 aromatic carbocycles. The summed E-state index contributed by atoms with van der Waals surface area (Å²) in [4.78, 5) is 20.7. The topological polar surface area (TPSA) is 127 Å². The van der Waals surface area contributed by atoms with Crippen LogP contribution in [0.1, 0.15) is 15.9 Å². The number of nitro benzene ring substituents is 1. The van der Waals surface area contributed by atoms with Crippen molar-refractivity contribution < 1.29 is 23.2 Å². The van der Waals surface area contributed by atoms with Crippen molar-refractivity contribution in [2.24, 2.45) is 0 Å². The molecular formula is C14H12N2O6S. The Morgan fingerprint density at radius 1 is 1.17 bits per heavy atom. The molecule has 9 heteroatoms. The predicted molar refractivity (Wildman–Crippen MR) is 82.0 cm³/mol. The highest BCUT2D eigenvalue weighted by Gasteiger charge is 2.17. The molecule has 8 nitrogen and oxygen atoms in total. The number of sulfonamides is 1. The average Bonchev–Trinajstić information content (AvgIpc) is 2.49. The zero-order valence-corrected chi connectivity index (χ0v) is 12.7. The molecule has 0 bridgehead atoms. The van der Waals surface area contributed by atoms with Crippen LogP contribution in [0.2, 0.25) is 0 Å². The number of nitrogens with one attached hydrogen (secondary N) is 1. The van der Waals surface area contributed by atoms with Crippen molar-refractivity contribution in [3.05, 3.63) is 63.7 Å². The normalized spacial score (nSPS) is 11.0. The fourth-order valence-electron chi connectivity index (χ4n) is 1.82. The summed E-state index contributed by atoms with van der Waals surface area (Å²) >= 11 is 0. The number of non-ortho nitro benzene ring substituents is 1. The maximum absolute atomic E-state index is 12.3. The number of hydrogen-bond acceptors (Lipinski definition) is 5. The molecule has 0 amide bonds. The van der Waals surface area contributed by atoms with Crippen LogP contribution in [0.5, 0.6) is 0 Å². The van der Waals surface area contributed by atoms with Gasteiger partial charge in [0.15, 0.2) is 0 Å². The summed E-state index contributed by atoms with van der Waals surface area (Å²) in [6.45, 7) is 1.62. The first kappa shape index (κ1) is 16.4. The predicted octanol–water partition coefficient (Wildman–Crippen LogP) is 2.40. The zero-order valence-electron chi connectivity index (χ0n) is 11.9. The molecule has 120 valence electrons. The maximum Gasteiger partial charge on any atom is 0.335 e. The summed E-state index contributed by atoms with van der Waals surface area (Å²) in [5.41, 5.74) is 0.383. The minimum absolute atomic E-state index is 0.0583. The fourth-order valence-corrected chi connectivity index (χ4v) is 2.94. The molecule has 0 saturated carbocycles. The summed E-state index contributed by atoms with van der Waals surface area (Å²) in [5.74, 6) is -1.18. The van der Waals surface area contributed by atoms with Crippen molar-refractivity contribution >= 4 is 27.4 Å². The van der Waals surface area contributed by atoms with Gasteiger partial charge in [-0.2, -0.15) is 0 Å². The third-order valence-corrected chi connectivity index (χ3v) is 4.47. The van der Waals surface area contributed by atoms with Gasteiger partial charge in [0.1, 0.15) is 0 Å². The largest absolute Gasteiger partial charge is 0.478 e. The summed E-state index contributed by atoms with van der Waals surface area (Å²) in [5, 5.41) is 19.5. The van der Waals surface area contributed by atoms with Crippen molar-refractivity contribution in [1.29, 1.82) is 0 Å². The first-order valence-electron chi connectivity index (χ1n) is 6.32. The number of anilines is 1. The molecule has 0 fully saturated rings. The third-order valence-electron chi connectivity index (χ3n) is 3.09. The van der Waals surface area contributed by atoms with Gasteiger partial charge in [-0.05, 0) is 36.8 Å². The average molecular weight is 336 g/mol. The van der Waals surface area contributed by atoms with Crippen molar-refractivity contribution in [1.82, 2.24) is 0 Å². The molecule has 0 heterocycles. The van der Waals surface area contributed by atoms with Crippen LogP contribution in [0.3, 0.4) is 0 Å². The Balaban J connectivity index is 2.36. The van der Waals surface area contributed by atoms with Gasteiger partial charge < -0.3 is 5.11 Å². The van der Waals surface area contributed by atoms with Gasteiger partial charge in [0.2, 0.25) is 0 Å². The minimum atomic E-state index is -3.99. The second kappa shape index (κ2) is 6.05. The Hall–Kier alpha value is -2.94. The number of benzene rings is 2. The molecule has 2 N–H and O–H groups in total. The number of aryl methyl sites for hydroxylation is 1. The molecule has 0 aliphatic rings. The van der Waals surface area contributed by atoms with E-state index in [1.807, 2.05) is 0 Å². The third kappa shape index (κ3) is 3.64. The molecule has 0 atom stereocenters. The molecule has 0 saturated heterocycles. The fraction of sp³-hybridized carbons (Fsp3) is 0.0714. The molecule has 0 aliphatic carbocycles. The molecule has 23 heavy (non-hydrogen) atoms. The lowest BCUT2D eigenvalue weighted by Gasteiger charge is -2.11. The Morgan fingerprint density at radius 3 is 2.30 bits per heavy atom. The van der Waals surface area contributed by atoms with Crippen LogP contribution in [0, 0.1) is 17.0 Å². The van der Waals surface area contributed by atoms with E-state index < -0.39 is 20.9 Å². The van der Waals surface area contributed by atoms with E-state index in [9.17, 15) is 23.3 Å². The van der Waals surface area contributed by atoms with E-state index >= 15 is 0 Å². The number of carbonyl (C=O) groups is 1. The van der Waals surface area contributed by atoms with Crippen molar-refractivity contribution in [3.63, 3.8) is 0 Å². The van der Waals surface area contributed by atoms with E-state index in [2.05, 4.69) is 4.72 Å². The molecule has 2 rings (SSSR count). The van der Waals surface area contributed by atoms with Crippen LogP contribution in [-0.2, 0) is 10.0 Å². The van der Waals surface area contributed by atoms with Gasteiger partial charge >= 0.3 is 5.97 Å². The van der Waals surface area contributed by atoms with E-state index in [-0.39, 0.29) is 21.8 Å². The Kier molecular flexibility index (Phi) is 4.32. The number of nitrogens with zero attached hydrogens (tertiary/aromatic N) is 1. The van der Waals surface area contributed by atoms with E-state index in [0.717, 1.165) is 24.3 Å². The van der Waals surface area contributed by atoms with Crippen LogP contribution in [0.25, 0.3) is 0 Å². The van der Waals surface area contributed by atoms with Gasteiger partial charge in [-0.25, -0.2) is 13.2 Å². The number of rotatable bonds is 5. The Labute approximate surface area is 131 Å². The molecule has 0 aliphatic heterocycles. The van der Waals surface area contributed by atoms with Crippen molar-refractivity contribution in [3.8, 4) is 0 Å². The van der Waals surface area contributed by atoms with Gasteiger partial charge in [0.05, 0.1) is 21.1 Å². The molecular weight excluding hydrogens is 324 g/mol. The highest BCUT2D eigenvalue weighted by molar-refractivity contribution is 7.92. The number of hydrogen-bond donors (Lipinski definition) is 2. The van der Waals surface area contributed by atoms with Gasteiger partial charge in [0, 0.05) is 12.1 Å². The standard InChI is InChI=1S/C14H12N2O6S/c1-9-2-3-10(14(17)18)8-13(9)15-23(21,22)12-6-4-11(5-7-12)16(19)20/h2-8,15H,1H3,(H,17,18). The Morgan fingerprint density at radius 2 is 1.78 bits per heavy atom. The Bertz CT molecular complexity index is 875. The van der Waals surface area contributed by atoms with Crippen LogP contribution < -0.4 is 4.72 Å². The number of nitro groups is 1. The van der Waals surface area contributed by atoms with E-state index in [1.165, 1.54) is 18.2 Å². The molecule has 0 unspecified atom stereocenters. The summed E-state index contributed by atoms with van der Waals surface area (Å²) in [6.07, 6.45) is 0. The maximum atomic E-state index is 12.3. The molecule has 2 aromatic rings. The lowest BCUT2D eigenvalue weighted by Crippen LogP contribution is -2.14. The van der Waals surface area contributed by atoms with Gasteiger partial charge in [-0.3, -0.25) is 14.8 Å². The van der Waals surface area contributed by atoms with E-state index in [1.54, 1.807) is 6.92 Å². The van der Waals surface area contributed by atoms with E-state index in [0.29, 0.717) is 5.56 Å². The second-order valence-electron chi connectivity index (χ2n) is 4.69. The van der Waals surface area contributed by atoms with Gasteiger partial charge in [0.25, 0.3) is 15.7 Å². The SMILES string of the molecule is Cc1ccc(C(=O)O)cc1NS(=O)(=O)c1ccc([N+](=O)[O-])cc1. The van der Waals surface area contributed by atoms with Crippen molar-refractivity contribution in [2.45, 2.75) is 11.8 Å². The highest BCUT2D eigenvalue weighted by Crippen LogP contribution is 2.22. The molecule has 0 spiro atoms. The first-order valence-corrected chi connectivity index (χ1v) is 7.80. The molecule has 0 aromatic heterocycles. The second-order valence-corrected chi connectivity index (χ2v) is 6.37. The first-order chi connectivity index (χ1) is 10.7. The lowest BCUT2D eigenvalue weighted by atomic mass is 10.1. The number of aromatic carboxylic acids is 1. The monoisotopic (exact) mass is 336 g/mol. The lowest BCUT2D eigenvalue weighted by molar-refractivity contribution is -0.384. The smallest absolute Gasteiger partial charge is 0.335 e. The van der Waals surface area contributed by atoms with Crippen molar-refractivity contribution in [2.75, 3.05) is 4.72 Å². The van der Waals surface area contributed by atoms with Crippen LogP contribution >= 0.6 is 0 Å². The summed E-state index contributed by atoms with van der Waals surface area (Å²) < 4.78 is 26.9. The molecule has 0 radical (unpaired) electrons. The highest BCUT2D eigenvalue weighted by atomic mass is 32.2. The van der Waals surface area contributed by atoms with Crippen LogP contribution in [-0.4, -0.2) is 24.4 Å². The van der Waals surface area contributed by atoms with E-state index in [4.69, 9.17) is 5.11 Å². The van der Waals surface area contributed by atoms with Gasteiger partial charge in [-0.1, -0.05) is 6.07 Å². The zero-order chi connectivity index (χ0) is 17.2. The van der Waals surface area contributed by atoms with Crippen LogP contribution in [0.15, 0.2) is 47.4 Å². The quantitative estimate of drug-likeness (QED) is 0.637. The summed E-state index contributed by atoms with van der Waals surface area (Å²) in [7, 11) is -3.99.